The summed E-state index contributed by atoms with van der Waals surface area (Å²) in [4.78, 5) is 34.7. The van der Waals surface area contributed by atoms with Crippen molar-refractivity contribution in [3.63, 3.8) is 0 Å². The molecule has 0 radical (unpaired) electrons. The van der Waals surface area contributed by atoms with E-state index in [-0.39, 0.29) is 0 Å². The zero-order chi connectivity index (χ0) is 16.4. The van der Waals surface area contributed by atoms with Crippen molar-refractivity contribution < 1.29 is 29.0 Å². The maximum atomic E-state index is 11.7. The molecule has 1 amide bonds. The molecular formula is C13H18N2O6. The van der Waals surface area contributed by atoms with Crippen molar-refractivity contribution in [3.8, 4) is 6.07 Å². The predicted molar refractivity (Wildman–Crippen MR) is 68.4 cm³/mol. The van der Waals surface area contributed by atoms with Crippen LogP contribution >= 0.6 is 0 Å². The van der Waals surface area contributed by atoms with Crippen LogP contribution in [-0.4, -0.2) is 47.8 Å². The SMILES string of the molecule is COC(=O)[C@@H]1[C@@H](NC(=O)C(=O)OC(C)(C)C)[C@H]1[C@@H](O)C#N. The first-order valence-electron chi connectivity index (χ1n) is 6.31. The Morgan fingerprint density at radius 1 is 1.33 bits per heavy atom. The van der Waals surface area contributed by atoms with Gasteiger partial charge in [0.1, 0.15) is 11.7 Å². The van der Waals surface area contributed by atoms with Gasteiger partial charge in [0, 0.05) is 5.92 Å². The van der Waals surface area contributed by atoms with Crippen molar-refractivity contribution in [1.82, 2.24) is 5.32 Å². The van der Waals surface area contributed by atoms with Crippen LogP contribution in [-0.2, 0) is 23.9 Å². The number of aliphatic hydroxyl groups is 1. The van der Waals surface area contributed by atoms with Crippen LogP contribution in [0.15, 0.2) is 0 Å². The van der Waals surface area contributed by atoms with E-state index in [9.17, 15) is 19.5 Å². The quantitative estimate of drug-likeness (QED) is 0.393. The van der Waals surface area contributed by atoms with Gasteiger partial charge in [0.25, 0.3) is 0 Å². The molecule has 1 aliphatic carbocycles. The number of carbonyl (C=O) groups is 3. The number of esters is 2. The Bertz CT molecular complexity index is 490. The summed E-state index contributed by atoms with van der Waals surface area (Å²) in [5, 5.41) is 20.4. The van der Waals surface area contributed by atoms with Gasteiger partial charge in [0.2, 0.25) is 0 Å². The minimum Gasteiger partial charge on any atom is -0.469 e. The highest BCUT2D eigenvalue weighted by Crippen LogP contribution is 2.42. The number of nitriles is 1. The second-order valence-corrected chi connectivity index (χ2v) is 5.70. The van der Waals surface area contributed by atoms with Crippen LogP contribution in [0.2, 0.25) is 0 Å². The number of nitrogens with one attached hydrogen (secondary N) is 1. The molecule has 21 heavy (non-hydrogen) atoms. The van der Waals surface area contributed by atoms with Gasteiger partial charge in [-0.05, 0) is 20.8 Å². The number of methoxy groups -OCH3 is 1. The van der Waals surface area contributed by atoms with Crippen LogP contribution in [0.3, 0.4) is 0 Å². The molecular weight excluding hydrogens is 280 g/mol. The Morgan fingerprint density at radius 2 is 1.90 bits per heavy atom. The summed E-state index contributed by atoms with van der Waals surface area (Å²) >= 11 is 0. The van der Waals surface area contributed by atoms with E-state index in [1.807, 2.05) is 0 Å². The summed E-state index contributed by atoms with van der Waals surface area (Å²) in [5.74, 6) is -4.44. The number of nitrogens with zero attached hydrogens (tertiary/aromatic N) is 1. The molecule has 8 nitrogen and oxygen atoms in total. The normalized spacial score (nSPS) is 25.2. The van der Waals surface area contributed by atoms with Gasteiger partial charge in [-0.25, -0.2) is 4.79 Å². The number of hydrogen-bond donors (Lipinski definition) is 2. The van der Waals surface area contributed by atoms with Crippen LogP contribution < -0.4 is 5.32 Å². The van der Waals surface area contributed by atoms with Gasteiger partial charge in [-0.3, -0.25) is 9.59 Å². The molecule has 0 unspecified atom stereocenters. The molecule has 4 atom stereocenters. The smallest absolute Gasteiger partial charge is 0.397 e. The minimum absolute atomic E-state index is 0.663. The van der Waals surface area contributed by atoms with E-state index in [2.05, 4.69) is 10.1 Å². The average molecular weight is 298 g/mol. The molecule has 1 saturated carbocycles. The van der Waals surface area contributed by atoms with Crippen LogP contribution in [0.4, 0.5) is 0 Å². The van der Waals surface area contributed by atoms with Crippen LogP contribution in [0.5, 0.6) is 0 Å². The molecule has 0 heterocycles. The van der Waals surface area contributed by atoms with Gasteiger partial charge >= 0.3 is 17.8 Å². The molecule has 0 aliphatic heterocycles. The van der Waals surface area contributed by atoms with Crippen molar-refractivity contribution in [2.75, 3.05) is 7.11 Å². The molecule has 0 bridgehead atoms. The second kappa shape index (κ2) is 6.10. The van der Waals surface area contributed by atoms with E-state index in [1.54, 1.807) is 26.8 Å². The van der Waals surface area contributed by atoms with E-state index in [4.69, 9.17) is 10.00 Å². The molecule has 0 aromatic heterocycles. The molecule has 2 N–H and O–H groups in total. The number of ether oxygens (including phenoxy) is 2. The number of aliphatic hydroxyl groups excluding tert-OH is 1. The molecule has 116 valence electrons. The molecule has 0 aromatic rings. The summed E-state index contributed by atoms with van der Waals surface area (Å²) in [6, 6.07) is 0.760. The van der Waals surface area contributed by atoms with Crippen molar-refractivity contribution in [2.45, 2.75) is 38.5 Å². The molecule has 8 heteroatoms. The lowest BCUT2D eigenvalue weighted by atomic mass is 10.2. The van der Waals surface area contributed by atoms with E-state index < -0.39 is 47.4 Å². The Kier molecular flexibility index (Phi) is 4.91. The van der Waals surface area contributed by atoms with E-state index >= 15 is 0 Å². The Labute approximate surface area is 122 Å². The van der Waals surface area contributed by atoms with Gasteiger partial charge in [-0.1, -0.05) is 0 Å². The van der Waals surface area contributed by atoms with Crippen LogP contribution in [0, 0.1) is 23.2 Å². The van der Waals surface area contributed by atoms with E-state index in [0.717, 1.165) is 7.11 Å². The molecule has 1 aliphatic rings. The van der Waals surface area contributed by atoms with E-state index in [1.165, 1.54) is 0 Å². The molecule has 1 fully saturated rings. The monoisotopic (exact) mass is 298 g/mol. The first-order valence-corrected chi connectivity index (χ1v) is 6.31. The molecule has 0 saturated heterocycles. The fourth-order valence-electron chi connectivity index (χ4n) is 1.97. The highest BCUT2D eigenvalue weighted by molar-refractivity contribution is 6.32. The lowest BCUT2D eigenvalue weighted by Gasteiger charge is -2.18. The minimum atomic E-state index is -1.43. The van der Waals surface area contributed by atoms with Crippen molar-refractivity contribution in [2.24, 2.45) is 11.8 Å². The maximum Gasteiger partial charge on any atom is 0.397 e. The third kappa shape index (κ3) is 4.16. The summed E-state index contributed by atoms with van der Waals surface area (Å²) in [6.45, 7) is 4.82. The fourth-order valence-corrected chi connectivity index (χ4v) is 1.97. The maximum absolute atomic E-state index is 11.7. The highest BCUT2D eigenvalue weighted by atomic mass is 16.6. The average Bonchev–Trinajstić information content (AvgIpc) is 3.08. The first kappa shape index (κ1) is 16.9. The Hall–Kier alpha value is -2.14. The van der Waals surface area contributed by atoms with Gasteiger partial charge < -0.3 is 19.9 Å². The zero-order valence-corrected chi connectivity index (χ0v) is 12.2. The number of rotatable bonds is 3. The van der Waals surface area contributed by atoms with Crippen molar-refractivity contribution in [1.29, 1.82) is 5.26 Å². The second-order valence-electron chi connectivity index (χ2n) is 5.70. The lowest BCUT2D eigenvalue weighted by Crippen LogP contribution is -2.39. The fraction of sp³-hybridized carbons (Fsp3) is 0.692. The summed E-state index contributed by atoms with van der Waals surface area (Å²) in [5.41, 5.74) is -0.828. The van der Waals surface area contributed by atoms with Crippen LogP contribution in [0.1, 0.15) is 20.8 Å². The molecule has 0 spiro atoms. The predicted octanol–water partition coefficient (Wildman–Crippen LogP) is -0.884. The summed E-state index contributed by atoms with van der Waals surface area (Å²) in [6.07, 6.45) is -1.43. The largest absolute Gasteiger partial charge is 0.469 e. The van der Waals surface area contributed by atoms with Crippen LogP contribution in [0.25, 0.3) is 0 Å². The summed E-state index contributed by atoms with van der Waals surface area (Å²) < 4.78 is 9.40. The topological polar surface area (TPSA) is 126 Å². The number of amides is 1. The zero-order valence-electron chi connectivity index (χ0n) is 12.2. The Morgan fingerprint density at radius 3 is 2.33 bits per heavy atom. The number of carbonyl (C=O) groups excluding carboxylic acids is 3. The molecule has 0 aromatic carbocycles. The lowest BCUT2D eigenvalue weighted by molar-refractivity contribution is -0.163. The van der Waals surface area contributed by atoms with Gasteiger partial charge in [0.05, 0.1) is 25.1 Å². The van der Waals surface area contributed by atoms with Crippen molar-refractivity contribution in [3.05, 3.63) is 0 Å². The Balaban J connectivity index is 2.69. The molecule has 1 rings (SSSR count). The summed E-state index contributed by atoms with van der Waals surface area (Å²) in [7, 11) is 1.16. The van der Waals surface area contributed by atoms with E-state index in [0.29, 0.717) is 0 Å². The standard InChI is InChI=1S/C13H18N2O6/c1-13(2,3)21-12(19)10(17)15-9-7(6(16)5-14)8(9)11(18)20-4/h6-9,16H,1-4H3,(H,15,17)/t6-,7-,8-,9-/m0/s1. The third-order valence-electron chi connectivity index (χ3n) is 2.93. The highest BCUT2D eigenvalue weighted by Gasteiger charge is 2.60. The van der Waals surface area contributed by atoms with Gasteiger partial charge in [0.15, 0.2) is 0 Å². The van der Waals surface area contributed by atoms with Gasteiger partial charge in [-0.2, -0.15) is 5.26 Å². The third-order valence-corrected chi connectivity index (χ3v) is 2.93. The first-order chi connectivity index (χ1) is 9.62. The van der Waals surface area contributed by atoms with Gasteiger partial charge in [-0.15, -0.1) is 0 Å². The number of hydrogen-bond acceptors (Lipinski definition) is 7. The van der Waals surface area contributed by atoms with Crippen molar-refractivity contribution >= 4 is 17.8 Å².